The van der Waals surface area contributed by atoms with Crippen molar-refractivity contribution in [3.8, 4) is 5.75 Å². The van der Waals surface area contributed by atoms with Gasteiger partial charge in [-0.15, -0.1) is 0 Å². The molecule has 226 valence electrons. The average molecular weight is 615 g/mol. The summed E-state index contributed by atoms with van der Waals surface area (Å²) < 4.78 is 31.9. The molecule has 0 bridgehead atoms. The number of piperidine rings is 1. The van der Waals surface area contributed by atoms with E-state index in [4.69, 9.17) is 16.3 Å². The third-order valence-corrected chi connectivity index (χ3v) is 8.71. The van der Waals surface area contributed by atoms with Crippen LogP contribution in [-0.4, -0.2) is 93.9 Å². The van der Waals surface area contributed by atoms with E-state index in [1.165, 1.54) is 11.9 Å². The highest BCUT2D eigenvalue weighted by Crippen LogP contribution is 2.37. The van der Waals surface area contributed by atoms with Gasteiger partial charge in [-0.2, -0.15) is 4.98 Å². The first kappa shape index (κ1) is 30.1. The van der Waals surface area contributed by atoms with Crippen LogP contribution < -0.4 is 25.0 Å². The average Bonchev–Trinajstić information content (AvgIpc) is 2.96. The van der Waals surface area contributed by atoms with Crippen LogP contribution in [-0.2, 0) is 10.0 Å². The van der Waals surface area contributed by atoms with Gasteiger partial charge in [-0.3, -0.25) is 9.62 Å². The van der Waals surface area contributed by atoms with Gasteiger partial charge in [-0.1, -0.05) is 23.7 Å². The van der Waals surface area contributed by atoms with E-state index in [0.29, 0.717) is 34.9 Å². The van der Waals surface area contributed by atoms with Gasteiger partial charge in [0.05, 0.1) is 36.6 Å². The van der Waals surface area contributed by atoms with E-state index < -0.39 is 10.0 Å². The minimum atomic E-state index is -3.47. The van der Waals surface area contributed by atoms with E-state index >= 15 is 0 Å². The number of benzene rings is 2. The fraction of sp³-hybridized carbons (Fsp3) is 0.448. The third-order valence-electron chi connectivity index (χ3n) is 7.84. The smallest absolute Gasteiger partial charge is 0.229 e. The zero-order valence-corrected chi connectivity index (χ0v) is 26.1. The molecule has 0 unspecified atom stereocenters. The molecule has 0 aliphatic carbocycles. The number of sulfonamides is 1. The van der Waals surface area contributed by atoms with Crippen LogP contribution in [0.2, 0.25) is 5.02 Å². The summed E-state index contributed by atoms with van der Waals surface area (Å²) in [4.78, 5) is 16.4. The molecule has 42 heavy (non-hydrogen) atoms. The van der Waals surface area contributed by atoms with Crippen LogP contribution in [0, 0.1) is 6.92 Å². The monoisotopic (exact) mass is 614 g/mol. The van der Waals surface area contributed by atoms with Gasteiger partial charge in [0.1, 0.15) is 10.8 Å². The number of methoxy groups -OCH3 is 1. The highest BCUT2D eigenvalue weighted by molar-refractivity contribution is 7.92. The molecule has 2 saturated heterocycles. The van der Waals surface area contributed by atoms with Crippen LogP contribution in [0.3, 0.4) is 0 Å². The second kappa shape index (κ2) is 12.9. The van der Waals surface area contributed by atoms with Crippen molar-refractivity contribution < 1.29 is 13.2 Å². The number of aromatic nitrogens is 2. The summed E-state index contributed by atoms with van der Waals surface area (Å²) in [5.74, 6) is 1.33. The predicted molar refractivity (Wildman–Crippen MR) is 171 cm³/mol. The number of nitrogens with zero attached hydrogens (tertiary/aromatic N) is 5. The largest absolute Gasteiger partial charge is 0.494 e. The van der Waals surface area contributed by atoms with Crippen LogP contribution in [0.15, 0.2) is 42.6 Å². The first-order chi connectivity index (χ1) is 20.1. The number of aryl methyl sites for hydroxylation is 1. The Hall–Kier alpha value is -3.32. The van der Waals surface area contributed by atoms with Crippen molar-refractivity contribution in [2.75, 3.05) is 79.9 Å². The predicted octanol–water partition coefficient (Wildman–Crippen LogP) is 4.52. The normalized spacial score (nSPS) is 17.2. The number of hydrogen-bond acceptors (Lipinski definition) is 10. The summed E-state index contributed by atoms with van der Waals surface area (Å²) >= 11 is 6.40. The lowest BCUT2D eigenvalue weighted by Gasteiger charge is -2.43. The molecule has 3 aromatic rings. The van der Waals surface area contributed by atoms with Crippen LogP contribution in [0.1, 0.15) is 18.4 Å². The Morgan fingerprint density at radius 1 is 0.976 bits per heavy atom. The van der Waals surface area contributed by atoms with Crippen LogP contribution in [0.5, 0.6) is 5.75 Å². The Morgan fingerprint density at radius 3 is 2.33 bits per heavy atom. The minimum absolute atomic E-state index is 0.285. The van der Waals surface area contributed by atoms with Gasteiger partial charge < -0.3 is 25.2 Å². The molecule has 0 atom stereocenters. The fourth-order valence-corrected chi connectivity index (χ4v) is 6.30. The Bertz CT molecular complexity index is 1510. The molecule has 2 aliphatic rings. The standard InChI is InChI=1S/C29H39ClN8O3S/c1-20-17-25(27(41-3)18-26(20)38-11-9-21(10-12-38)37-15-13-36(2)14-16-37)33-29-31-19-22(30)28(34-29)32-23-7-5-6-8-24(23)35-42(4,39)40/h5-8,17-19,21,35H,9-16H2,1-4H3,(H2,31,32,33,34). The Labute approximate surface area is 253 Å². The quantitative estimate of drug-likeness (QED) is 0.318. The lowest BCUT2D eigenvalue weighted by Crippen LogP contribution is -2.52. The van der Waals surface area contributed by atoms with Crippen LogP contribution in [0.25, 0.3) is 0 Å². The maximum atomic E-state index is 11.8. The number of anilines is 6. The van der Waals surface area contributed by atoms with Gasteiger partial charge in [-0.05, 0) is 50.6 Å². The summed E-state index contributed by atoms with van der Waals surface area (Å²) in [5, 5.41) is 6.67. The van der Waals surface area contributed by atoms with E-state index in [1.807, 2.05) is 0 Å². The van der Waals surface area contributed by atoms with Gasteiger partial charge in [0.25, 0.3) is 0 Å². The van der Waals surface area contributed by atoms with Gasteiger partial charge in [0.15, 0.2) is 5.82 Å². The summed E-state index contributed by atoms with van der Waals surface area (Å²) in [6.45, 7) is 8.73. The highest BCUT2D eigenvalue weighted by Gasteiger charge is 2.27. The number of nitrogens with one attached hydrogen (secondary N) is 3. The molecule has 2 fully saturated rings. The molecule has 0 amide bonds. The maximum Gasteiger partial charge on any atom is 0.229 e. The van der Waals surface area contributed by atoms with Crippen molar-refractivity contribution >= 4 is 56.1 Å². The van der Waals surface area contributed by atoms with E-state index in [9.17, 15) is 8.42 Å². The van der Waals surface area contributed by atoms with Crippen molar-refractivity contribution in [2.45, 2.75) is 25.8 Å². The number of ether oxygens (including phenoxy) is 1. The molecular weight excluding hydrogens is 576 g/mol. The van der Waals surface area contributed by atoms with Gasteiger partial charge in [0, 0.05) is 57.1 Å². The second-order valence-electron chi connectivity index (χ2n) is 11.0. The number of hydrogen-bond donors (Lipinski definition) is 3. The topological polar surface area (TPSA) is 115 Å². The molecule has 2 aromatic carbocycles. The molecule has 0 saturated carbocycles. The lowest BCUT2D eigenvalue weighted by atomic mass is 10.0. The molecule has 3 N–H and O–H groups in total. The first-order valence-corrected chi connectivity index (χ1v) is 16.4. The van der Waals surface area contributed by atoms with E-state index in [1.54, 1.807) is 31.4 Å². The SMILES string of the molecule is COc1cc(N2CCC(N3CCN(C)CC3)CC2)c(C)cc1Nc1ncc(Cl)c(Nc2ccccc2NS(C)(=O)=O)n1. The van der Waals surface area contributed by atoms with Gasteiger partial charge in [-0.25, -0.2) is 13.4 Å². The summed E-state index contributed by atoms with van der Waals surface area (Å²) in [7, 11) is 0.379. The Morgan fingerprint density at radius 2 is 1.67 bits per heavy atom. The van der Waals surface area contributed by atoms with Crippen molar-refractivity contribution in [3.63, 3.8) is 0 Å². The second-order valence-corrected chi connectivity index (χ2v) is 13.1. The molecule has 0 radical (unpaired) electrons. The number of piperazine rings is 1. The van der Waals surface area contributed by atoms with Crippen molar-refractivity contribution in [2.24, 2.45) is 0 Å². The zero-order chi connectivity index (χ0) is 29.9. The summed E-state index contributed by atoms with van der Waals surface area (Å²) in [5.41, 5.74) is 3.92. The van der Waals surface area contributed by atoms with E-state index in [2.05, 4.69) is 66.1 Å². The molecular formula is C29H39ClN8O3S. The summed E-state index contributed by atoms with van der Waals surface area (Å²) in [6, 6.07) is 11.7. The highest BCUT2D eigenvalue weighted by atomic mass is 35.5. The Balaban J connectivity index is 1.30. The molecule has 0 spiro atoms. The van der Waals surface area contributed by atoms with Gasteiger partial charge in [0.2, 0.25) is 16.0 Å². The molecule has 13 heteroatoms. The number of rotatable bonds is 9. The lowest BCUT2D eigenvalue weighted by molar-refractivity contribution is 0.0982. The Kier molecular flexibility index (Phi) is 9.26. The molecule has 11 nitrogen and oxygen atoms in total. The fourth-order valence-electron chi connectivity index (χ4n) is 5.59. The molecule has 2 aliphatic heterocycles. The van der Waals surface area contributed by atoms with Crippen molar-refractivity contribution in [1.29, 1.82) is 0 Å². The zero-order valence-electron chi connectivity index (χ0n) is 24.5. The molecule has 3 heterocycles. The van der Waals surface area contributed by atoms with Crippen molar-refractivity contribution in [1.82, 2.24) is 19.8 Å². The molecule has 5 rings (SSSR count). The number of halogens is 1. The number of para-hydroxylation sites is 2. The van der Waals surface area contributed by atoms with E-state index in [-0.39, 0.29) is 5.02 Å². The van der Waals surface area contributed by atoms with Gasteiger partial charge >= 0.3 is 0 Å². The number of likely N-dealkylation sites (N-methyl/N-ethyl adjacent to an activating group) is 1. The van der Waals surface area contributed by atoms with Crippen LogP contribution >= 0.6 is 11.6 Å². The van der Waals surface area contributed by atoms with Crippen molar-refractivity contribution in [3.05, 3.63) is 53.2 Å². The third kappa shape index (κ3) is 7.35. The first-order valence-electron chi connectivity index (χ1n) is 14.1. The summed E-state index contributed by atoms with van der Waals surface area (Å²) in [6.07, 6.45) is 4.90. The maximum absolute atomic E-state index is 11.8. The van der Waals surface area contributed by atoms with E-state index in [0.717, 1.165) is 69.6 Å². The molecule has 1 aromatic heterocycles. The minimum Gasteiger partial charge on any atom is -0.494 e. The van der Waals surface area contributed by atoms with Crippen LogP contribution in [0.4, 0.5) is 34.5 Å².